The number of benzene rings is 1. The normalized spacial score (nSPS) is 15.7. The van der Waals surface area contributed by atoms with E-state index in [4.69, 9.17) is 9.47 Å². The van der Waals surface area contributed by atoms with Crippen molar-refractivity contribution in [3.63, 3.8) is 0 Å². The highest BCUT2D eigenvalue weighted by Gasteiger charge is 2.18. The van der Waals surface area contributed by atoms with Crippen molar-refractivity contribution in [3.8, 4) is 0 Å². The molecular weight excluding hydrogens is 252 g/mol. The van der Waals surface area contributed by atoms with Gasteiger partial charge in [-0.1, -0.05) is 18.2 Å². The molecule has 0 saturated heterocycles. The number of hydrogen-bond donors (Lipinski definition) is 1. The van der Waals surface area contributed by atoms with E-state index in [0.29, 0.717) is 0 Å². The second-order valence-corrected chi connectivity index (χ2v) is 5.30. The quantitative estimate of drug-likeness (QED) is 0.583. The number of ether oxygens (including phenoxy) is 2. The van der Waals surface area contributed by atoms with Crippen LogP contribution in [0.5, 0.6) is 0 Å². The Labute approximate surface area is 122 Å². The first kappa shape index (κ1) is 15.3. The minimum absolute atomic E-state index is 0.178. The molecule has 20 heavy (non-hydrogen) atoms. The van der Waals surface area contributed by atoms with Gasteiger partial charge in [0.15, 0.2) is 6.29 Å². The van der Waals surface area contributed by atoms with Gasteiger partial charge in [0.05, 0.1) is 6.04 Å². The minimum Gasteiger partial charge on any atom is -0.371 e. The maximum atomic E-state index is 5.24. The van der Waals surface area contributed by atoms with Crippen LogP contribution in [0.4, 0.5) is 5.69 Å². The van der Waals surface area contributed by atoms with Crippen LogP contribution < -0.4 is 10.2 Å². The zero-order chi connectivity index (χ0) is 14.4. The molecule has 1 unspecified atom stereocenters. The van der Waals surface area contributed by atoms with Crippen molar-refractivity contribution in [2.45, 2.75) is 32.1 Å². The van der Waals surface area contributed by atoms with E-state index in [9.17, 15) is 0 Å². The van der Waals surface area contributed by atoms with Crippen molar-refractivity contribution in [2.24, 2.45) is 0 Å². The summed E-state index contributed by atoms with van der Waals surface area (Å²) >= 11 is 0. The fourth-order valence-corrected chi connectivity index (χ4v) is 2.84. The first-order valence-electron chi connectivity index (χ1n) is 7.38. The summed E-state index contributed by atoms with van der Waals surface area (Å²) in [4.78, 5) is 2.48. The molecular formula is C16H26N2O2. The Hall–Kier alpha value is -1.10. The first-order valence-corrected chi connectivity index (χ1v) is 7.38. The summed E-state index contributed by atoms with van der Waals surface area (Å²) in [5, 5.41) is 3.46. The van der Waals surface area contributed by atoms with E-state index in [-0.39, 0.29) is 12.3 Å². The Kier molecular flexibility index (Phi) is 5.83. The summed E-state index contributed by atoms with van der Waals surface area (Å²) in [5.41, 5.74) is 2.89. The SMILES string of the molecule is COC(OC)C(C)NCCCN1CCc2ccccc21. The molecule has 1 heterocycles. The lowest BCUT2D eigenvalue weighted by molar-refractivity contribution is -0.119. The summed E-state index contributed by atoms with van der Waals surface area (Å²) in [6.07, 6.45) is 2.12. The van der Waals surface area contributed by atoms with Gasteiger partial charge in [-0.2, -0.15) is 0 Å². The van der Waals surface area contributed by atoms with Crippen molar-refractivity contribution in [2.75, 3.05) is 38.8 Å². The molecule has 4 heteroatoms. The molecule has 4 nitrogen and oxygen atoms in total. The van der Waals surface area contributed by atoms with E-state index in [0.717, 1.165) is 26.1 Å². The van der Waals surface area contributed by atoms with Crippen molar-refractivity contribution < 1.29 is 9.47 Å². The van der Waals surface area contributed by atoms with Crippen LogP contribution in [0.1, 0.15) is 18.9 Å². The molecule has 0 aromatic heterocycles. The average Bonchev–Trinajstić information content (AvgIpc) is 2.88. The summed E-state index contributed by atoms with van der Waals surface area (Å²) in [7, 11) is 3.35. The number of methoxy groups -OCH3 is 2. The number of fused-ring (bicyclic) bond motifs is 1. The molecule has 1 aliphatic heterocycles. The van der Waals surface area contributed by atoms with Crippen molar-refractivity contribution >= 4 is 5.69 Å². The Morgan fingerprint density at radius 2 is 2.00 bits per heavy atom. The number of nitrogens with one attached hydrogen (secondary N) is 1. The number of anilines is 1. The van der Waals surface area contributed by atoms with Gasteiger partial charge >= 0.3 is 0 Å². The maximum Gasteiger partial charge on any atom is 0.171 e. The standard InChI is InChI=1S/C16H26N2O2/c1-13(16(19-2)20-3)17-10-6-11-18-12-9-14-7-4-5-8-15(14)18/h4-5,7-8,13,16-17H,6,9-12H2,1-3H3. The van der Waals surface area contributed by atoms with Crippen LogP contribution >= 0.6 is 0 Å². The molecule has 0 bridgehead atoms. The summed E-state index contributed by atoms with van der Waals surface area (Å²) < 4.78 is 10.5. The maximum absolute atomic E-state index is 5.24. The number of hydrogen-bond acceptors (Lipinski definition) is 4. The van der Waals surface area contributed by atoms with Gasteiger partial charge in [-0.15, -0.1) is 0 Å². The van der Waals surface area contributed by atoms with Gasteiger partial charge in [-0.05, 0) is 37.9 Å². The zero-order valence-electron chi connectivity index (χ0n) is 12.8. The van der Waals surface area contributed by atoms with E-state index < -0.39 is 0 Å². The Bertz CT molecular complexity index is 407. The highest BCUT2D eigenvalue weighted by molar-refractivity contribution is 5.57. The van der Waals surface area contributed by atoms with Crippen LogP contribution in [0.15, 0.2) is 24.3 Å². The van der Waals surface area contributed by atoms with Gasteiger partial charge in [0, 0.05) is 33.0 Å². The molecule has 112 valence electrons. The molecule has 1 aliphatic rings. The van der Waals surface area contributed by atoms with Crippen LogP contribution in [0.3, 0.4) is 0 Å². The number of para-hydroxylation sites is 1. The number of rotatable bonds is 8. The lowest BCUT2D eigenvalue weighted by atomic mass is 10.2. The molecule has 0 fully saturated rings. The number of nitrogens with zero attached hydrogens (tertiary/aromatic N) is 1. The molecule has 0 saturated carbocycles. The predicted molar refractivity (Wildman–Crippen MR) is 82.2 cm³/mol. The Morgan fingerprint density at radius 3 is 2.75 bits per heavy atom. The molecule has 1 aromatic rings. The van der Waals surface area contributed by atoms with Crippen LogP contribution in [-0.2, 0) is 15.9 Å². The summed E-state index contributed by atoms with van der Waals surface area (Å²) in [6, 6.07) is 8.91. The van der Waals surface area contributed by atoms with Gasteiger partial charge < -0.3 is 19.7 Å². The lowest BCUT2D eigenvalue weighted by Crippen LogP contribution is -2.40. The third-order valence-electron chi connectivity index (χ3n) is 3.93. The molecule has 1 atom stereocenters. The van der Waals surface area contributed by atoms with Crippen molar-refractivity contribution in [3.05, 3.63) is 29.8 Å². The predicted octanol–water partition coefficient (Wildman–Crippen LogP) is 2.04. The van der Waals surface area contributed by atoms with Gasteiger partial charge in [0.25, 0.3) is 0 Å². The van der Waals surface area contributed by atoms with E-state index in [1.165, 1.54) is 17.7 Å². The van der Waals surface area contributed by atoms with Crippen molar-refractivity contribution in [1.82, 2.24) is 5.32 Å². The zero-order valence-corrected chi connectivity index (χ0v) is 12.8. The summed E-state index contributed by atoms with van der Waals surface area (Å²) in [5.74, 6) is 0. The smallest absolute Gasteiger partial charge is 0.171 e. The monoisotopic (exact) mass is 278 g/mol. The average molecular weight is 278 g/mol. The molecule has 2 rings (SSSR count). The van der Waals surface area contributed by atoms with E-state index in [1.807, 2.05) is 0 Å². The summed E-state index contributed by atoms with van der Waals surface area (Å²) in [6.45, 7) is 5.31. The van der Waals surface area contributed by atoms with Gasteiger partial charge in [0.2, 0.25) is 0 Å². The third-order valence-corrected chi connectivity index (χ3v) is 3.93. The minimum atomic E-state index is -0.178. The van der Waals surface area contributed by atoms with E-state index in [1.54, 1.807) is 14.2 Å². The Morgan fingerprint density at radius 1 is 1.25 bits per heavy atom. The first-order chi connectivity index (χ1) is 9.76. The molecule has 0 aliphatic carbocycles. The fraction of sp³-hybridized carbons (Fsp3) is 0.625. The van der Waals surface area contributed by atoms with Crippen LogP contribution in [0, 0.1) is 0 Å². The molecule has 1 N–H and O–H groups in total. The van der Waals surface area contributed by atoms with Gasteiger partial charge in [0.1, 0.15) is 0 Å². The van der Waals surface area contributed by atoms with E-state index in [2.05, 4.69) is 41.4 Å². The Balaban J connectivity index is 1.70. The third kappa shape index (κ3) is 3.72. The van der Waals surface area contributed by atoms with Crippen LogP contribution in [-0.4, -0.2) is 46.2 Å². The van der Waals surface area contributed by atoms with Crippen LogP contribution in [0.2, 0.25) is 0 Å². The topological polar surface area (TPSA) is 33.7 Å². The largest absolute Gasteiger partial charge is 0.371 e. The molecule has 0 radical (unpaired) electrons. The van der Waals surface area contributed by atoms with Gasteiger partial charge in [-0.3, -0.25) is 0 Å². The highest BCUT2D eigenvalue weighted by atomic mass is 16.7. The van der Waals surface area contributed by atoms with Crippen LogP contribution in [0.25, 0.3) is 0 Å². The molecule has 1 aromatic carbocycles. The lowest BCUT2D eigenvalue weighted by Gasteiger charge is -2.23. The second-order valence-electron chi connectivity index (χ2n) is 5.30. The van der Waals surface area contributed by atoms with Crippen molar-refractivity contribution in [1.29, 1.82) is 0 Å². The second kappa shape index (κ2) is 7.62. The fourth-order valence-electron chi connectivity index (χ4n) is 2.84. The molecule has 0 amide bonds. The molecule has 0 spiro atoms. The highest BCUT2D eigenvalue weighted by Crippen LogP contribution is 2.27. The van der Waals surface area contributed by atoms with Gasteiger partial charge in [-0.25, -0.2) is 0 Å². The van der Waals surface area contributed by atoms with E-state index >= 15 is 0 Å².